The van der Waals surface area contributed by atoms with Crippen LogP contribution in [0.3, 0.4) is 0 Å². The highest BCUT2D eigenvalue weighted by Gasteiger charge is 2.06. The Morgan fingerprint density at radius 3 is 2.62 bits per heavy atom. The second kappa shape index (κ2) is 8.04. The summed E-state index contributed by atoms with van der Waals surface area (Å²) < 4.78 is 1.18. The minimum absolute atomic E-state index is 0.0551. The number of nitrogens with one attached hydrogen (secondary N) is 1. The molecular weight excluding hydrogens is 320 g/mol. The number of nitrogens with zero attached hydrogens (tertiary/aromatic N) is 1. The number of unbranched alkanes of at least 4 members (excludes halogenated alkanes) is 2. The van der Waals surface area contributed by atoms with Crippen LogP contribution in [0.25, 0.3) is 21.3 Å². The quantitative estimate of drug-likeness (QED) is 0.642. The first-order chi connectivity index (χ1) is 11.8. The number of carbonyl (C=O) groups excluding carboxylic acids is 1. The van der Waals surface area contributed by atoms with Gasteiger partial charge in [0.25, 0.3) is 5.91 Å². The van der Waals surface area contributed by atoms with Crippen molar-refractivity contribution in [1.29, 1.82) is 0 Å². The molecule has 0 aliphatic heterocycles. The highest BCUT2D eigenvalue weighted by atomic mass is 32.1. The number of aromatic nitrogens is 1. The third kappa shape index (κ3) is 3.99. The van der Waals surface area contributed by atoms with E-state index < -0.39 is 0 Å². The Bertz CT molecular complexity index is 812. The number of benzene rings is 2. The maximum atomic E-state index is 12.1. The first-order valence-corrected chi connectivity index (χ1v) is 8.98. The largest absolute Gasteiger partial charge is 0.396 e. The Morgan fingerprint density at radius 2 is 1.83 bits per heavy atom. The summed E-state index contributed by atoms with van der Waals surface area (Å²) in [6.07, 6.45) is 2.60. The minimum Gasteiger partial charge on any atom is -0.396 e. The topological polar surface area (TPSA) is 62.2 Å². The molecule has 0 atom stereocenters. The van der Waals surface area contributed by atoms with E-state index in [-0.39, 0.29) is 12.5 Å². The average molecular weight is 340 g/mol. The lowest BCUT2D eigenvalue weighted by Gasteiger charge is -2.06. The summed E-state index contributed by atoms with van der Waals surface area (Å²) in [6, 6.07) is 13.9. The lowest BCUT2D eigenvalue weighted by Crippen LogP contribution is -2.24. The molecule has 2 N–H and O–H groups in total. The van der Waals surface area contributed by atoms with Crippen molar-refractivity contribution in [3.63, 3.8) is 0 Å². The Kier molecular flexibility index (Phi) is 5.56. The third-order valence-corrected chi connectivity index (χ3v) is 4.74. The Labute approximate surface area is 145 Å². The zero-order valence-electron chi connectivity index (χ0n) is 13.4. The van der Waals surface area contributed by atoms with Crippen LogP contribution in [-0.4, -0.2) is 29.1 Å². The maximum absolute atomic E-state index is 12.1. The van der Waals surface area contributed by atoms with Crippen molar-refractivity contribution < 1.29 is 9.90 Å². The molecule has 0 aliphatic carbocycles. The zero-order chi connectivity index (χ0) is 16.8. The molecule has 0 spiro atoms. The van der Waals surface area contributed by atoms with Gasteiger partial charge in [-0.25, -0.2) is 4.98 Å². The van der Waals surface area contributed by atoms with Crippen molar-refractivity contribution in [1.82, 2.24) is 10.3 Å². The number of thiazole rings is 1. The zero-order valence-corrected chi connectivity index (χ0v) is 14.2. The van der Waals surface area contributed by atoms with Crippen molar-refractivity contribution in [2.45, 2.75) is 19.3 Å². The maximum Gasteiger partial charge on any atom is 0.251 e. The summed E-state index contributed by atoms with van der Waals surface area (Å²) in [7, 11) is 0. The van der Waals surface area contributed by atoms with Gasteiger partial charge < -0.3 is 10.4 Å². The van der Waals surface area contributed by atoms with Crippen LogP contribution in [0.4, 0.5) is 0 Å². The smallest absolute Gasteiger partial charge is 0.251 e. The van der Waals surface area contributed by atoms with Gasteiger partial charge in [-0.3, -0.25) is 4.79 Å². The summed E-state index contributed by atoms with van der Waals surface area (Å²) in [5.41, 5.74) is 5.69. The molecule has 124 valence electrons. The molecule has 5 heteroatoms. The van der Waals surface area contributed by atoms with E-state index >= 15 is 0 Å². The van der Waals surface area contributed by atoms with Crippen LogP contribution in [-0.2, 0) is 0 Å². The molecule has 1 aromatic heterocycles. The molecule has 3 aromatic rings. The van der Waals surface area contributed by atoms with Crippen molar-refractivity contribution in [2.75, 3.05) is 13.2 Å². The Morgan fingerprint density at radius 1 is 1.04 bits per heavy atom. The lowest BCUT2D eigenvalue weighted by molar-refractivity contribution is 0.0953. The van der Waals surface area contributed by atoms with E-state index in [2.05, 4.69) is 28.5 Å². The molecule has 0 bridgehead atoms. The molecule has 1 heterocycles. The summed E-state index contributed by atoms with van der Waals surface area (Å²) in [5, 5.41) is 11.6. The minimum atomic E-state index is -0.0551. The molecule has 0 unspecified atom stereocenters. The van der Waals surface area contributed by atoms with E-state index in [1.165, 1.54) is 4.70 Å². The van der Waals surface area contributed by atoms with E-state index in [1.54, 1.807) is 11.3 Å². The van der Waals surface area contributed by atoms with E-state index in [4.69, 9.17) is 5.11 Å². The number of carbonyl (C=O) groups is 1. The summed E-state index contributed by atoms with van der Waals surface area (Å²) in [4.78, 5) is 16.4. The molecule has 2 aromatic carbocycles. The van der Waals surface area contributed by atoms with Gasteiger partial charge in [0.15, 0.2) is 0 Å². The number of hydrogen-bond donors (Lipinski definition) is 2. The molecule has 0 fully saturated rings. The normalized spacial score (nSPS) is 10.9. The second-order valence-electron chi connectivity index (χ2n) is 5.65. The summed E-state index contributed by atoms with van der Waals surface area (Å²) in [6.45, 7) is 0.850. The van der Waals surface area contributed by atoms with Gasteiger partial charge in [0.05, 0.1) is 15.7 Å². The number of rotatable bonds is 7. The third-order valence-electron chi connectivity index (χ3n) is 3.93. The molecular formula is C19H20N2O2S. The van der Waals surface area contributed by atoms with E-state index in [1.807, 2.05) is 29.8 Å². The van der Waals surface area contributed by atoms with E-state index in [0.717, 1.165) is 35.9 Å². The number of amides is 1. The van der Waals surface area contributed by atoms with Gasteiger partial charge in [0, 0.05) is 18.7 Å². The predicted molar refractivity (Wildman–Crippen MR) is 98.3 cm³/mol. The van der Waals surface area contributed by atoms with Gasteiger partial charge in [-0.2, -0.15) is 0 Å². The van der Waals surface area contributed by atoms with E-state index in [9.17, 15) is 4.79 Å². The van der Waals surface area contributed by atoms with Gasteiger partial charge in [-0.1, -0.05) is 18.2 Å². The fourth-order valence-electron chi connectivity index (χ4n) is 2.57. The first-order valence-electron chi connectivity index (χ1n) is 8.10. The van der Waals surface area contributed by atoms with Crippen LogP contribution in [0.1, 0.15) is 29.6 Å². The monoisotopic (exact) mass is 340 g/mol. The van der Waals surface area contributed by atoms with Crippen LogP contribution in [0.5, 0.6) is 0 Å². The number of aliphatic hydroxyl groups excluding tert-OH is 1. The molecule has 0 radical (unpaired) electrons. The first kappa shape index (κ1) is 16.6. The van der Waals surface area contributed by atoms with Crippen molar-refractivity contribution in [3.8, 4) is 11.1 Å². The lowest BCUT2D eigenvalue weighted by atomic mass is 10.0. The fourth-order valence-corrected chi connectivity index (χ4v) is 3.23. The van der Waals surface area contributed by atoms with Crippen LogP contribution < -0.4 is 5.32 Å². The summed E-state index contributed by atoms with van der Waals surface area (Å²) >= 11 is 1.63. The van der Waals surface area contributed by atoms with Crippen molar-refractivity contribution >= 4 is 27.5 Å². The number of fused-ring (bicyclic) bond motifs is 1. The van der Waals surface area contributed by atoms with Crippen LogP contribution in [0.2, 0.25) is 0 Å². The van der Waals surface area contributed by atoms with Gasteiger partial charge in [0.1, 0.15) is 0 Å². The molecule has 0 saturated heterocycles. The molecule has 1 amide bonds. The van der Waals surface area contributed by atoms with Gasteiger partial charge in [-0.15, -0.1) is 11.3 Å². The van der Waals surface area contributed by atoms with Crippen LogP contribution in [0.15, 0.2) is 48.0 Å². The second-order valence-corrected chi connectivity index (χ2v) is 6.54. The highest BCUT2D eigenvalue weighted by molar-refractivity contribution is 7.16. The Balaban J connectivity index is 1.63. The van der Waals surface area contributed by atoms with Gasteiger partial charge >= 0.3 is 0 Å². The SMILES string of the molecule is O=C(NCCCCCO)c1ccc(-c2ccc3scnc3c2)cc1. The number of hydrogen-bond acceptors (Lipinski definition) is 4. The average Bonchev–Trinajstić information content (AvgIpc) is 3.09. The Hall–Kier alpha value is -2.24. The van der Waals surface area contributed by atoms with E-state index in [0.29, 0.717) is 12.1 Å². The standard InChI is InChI=1S/C19H20N2O2S/c22-11-3-1-2-10-20-19(23)15-6-4-14(5-7-15)16-8-9-18-17(12-16)21-13-24-18/h4-9,12-13,22H,1-3,10-11H2,(H,20,23). The van der Waals surface area contributed by atoms with Crippen LogP contribution >= 0.6 is 11.3 Å². The molecule has 0 saturated carbocycles. The van der Waals surface area contributed by atoms with Crippen molar-refractivity contribution in [2.24, 2.45) is 0 Å². The highest BCUT2D eigenvalue weighted by Crippen LogP contribution is 2.26. The predicted octanol–water partition coefficient (Wildman–Crippen LogP) is 3.86. The molecule has 24 heavy (non-hydrogen) atoms. The number of aliphatic hydroxyl groups is 1. The van der Waals surface area contributed by atoms with Gasteiger partial charge in [-0.05, 0) is 54.7 Å². The molecule has 0 aliphatic rings. The fraction of sp³-hybridized carbons (Fsp3) is 0.263. The van der Waals surface area contributed by atoms with Crippen molar-refractivity contribution in [3.05, 3.63) is 53.5 Å². The van der Waals surface area contributed by atoms with Gasteiger partial charge in [0.2, 0.25) is 0 Å². The molecule has 3 rings (SSSR count). The van der Waals surface area contributed by atoms with Crippen LogP contribution in [0, 0.1) is 0 Å². The summed E-state index contributed by atoms with van der Waals surface area (Å²) in [5.74, 6) is -0.0551. The molecule has 4 nitrogen and oxygen atoms in total.